The predicted octanol–water partition coefficient (Wildman–Crippen LogP) is -0.435. The number of amides is 1. The molecule has 0 aliphatic heterocycles. The van der Waals surface area contributed by atoms with Gasteiger partial charge in [0.1, 0.15) is 0 Å². The van der Waals surface area contributed by atoms with Crippen LogP contribution in [-0.4, -0.2) is 39.7 Å². The Bertz CT molecular complexity index is 388. The van der Waals surface area contributed by atoms with Gasteiger partial charge in [-0.05, 0) is 19.1 Å². The number of aliphatic hydroxyl groups is 1. The summed E-state index contributed by atoms with van der Waals surface area (Å²) in [5.41, 5.74) is 1.01. The first-order chi connectivity index (χ1) is 7.54. The first kappa shape index (κ1) is 12.1. The Balaban J connectivity index is 2.71. The molecule has 86 valence electrons. The maximum absolute atomic E-state index is 11.5. The number of nitrogens with one attached hydrogen (secondary N) is 1. The van der Waals surface area contributed by atoms with E-state index in [1.807, 2.05) is 0 Å². The third kappa shape index (κ3) is 3.03. The van der Waals surface area contributed by atoms with Crippen LogP contribution in [0.5, 0.6) is 0 Å². The number of rotatable bonds is 4. The topological polar surface area (TPSA) is 99.5 Å². The number of carbonyl (C=O) groups is 2. The van der Waals surface area contributed by atoms with Crippen molar-refractivity contribution < 1.29 is 19.8 Å². The fraction of sp³-hybridized carbons (Fsp3) is 0.300. The van der Waals surface area contributed by atoms with Gasteiger partial charge in [-0.1, -0.05) is 0 Å². The van der Waals surface area contributed by atoms with E-state index in [9.17, 15) is 9.59 Å². The maximum Gasteiger partial charge on any atom is 0.328 e. The number of pyridine rings is 1. The van der Waals surface area contributed by atoms with Crippen LogP contribution in [-0.2, 0) is 4.79 Å². The van der Waals surface area contributed by atoms with Crippen LogP contribution in [0.25, 0.3) is 0 Å². The molecule has 0 saturated heterocycles. The number of carboxylic acid groups (broad SMARTS) is 1. The third-order valence-corrected chi connectivity index (χ3v) is 1.96. The zero-order chi connectivity index (χ0) is 12.1. The van der Waals surface area contributed by atoms with Gasteiger partial charge in [0.2, 0.25) is 0 Å². The van der Waals surface area contributed by atoms with E-state index in [0.717, 1.165) is 5.69 Å². The fourth-order valence-corrected chi connectivity index (χ4v) is 1.03. The smallest absolute Gasteiger partial charge is 0.328 e. The molecule has 0 aromatic carbocycles. The summed E-state index contributed by atoms with van der Waals surface area (Å²) in [7, 11) is 0. The number of hydrogen-bond acceptors (Lipinski definition) is 4. The number of carbonyl (C=O) groups excluding carboxylic acids is 1. The Morgan fingerprint density at radius 3 is 2.62 bits per heavy atom. The molecule has 1 amide bonds. The lowest BCUT2D eigenvalue weighted by molar-refractivity contribution is -0.140. The van der Waals surface area contributed by atoms with Crippen LogP contribution in [0, 0.1) is 6.92 Å². The normalized spacial score (nSPS) is 11.9. The molecule has 0 bridgehead atoms. The minimum absolute atomic E-state index is 0.255. The van der Waals surface area contributed by atoms with Gasteiger partial charge in [-0.2, -0.15) is 0 Å². The molecule has 0 saturated carbocycles. The Hall–Kier alpha value is -1.95. The van der Waals surface area contributed by atoms with Gasteiger partial charge in [0.25, 0.3) is 5.91 Å². The molecule has 16 heavy (non-hydrogen) atoms. The van der Waals surface area contributed by atoms with Gasteiger partial charge in [0, 0.05) is 11.9 Å². The molecular formula is C10H12N2O4. The van der Waals surface area contributed by atoms with Crippen LogP contribution in [0.3, 0.4) is 0 Å². The number of aliphatic carboxylic acids is 1. The van der Waals surface area contributed by atoms with Crippen molar-refractivity contribution in [2.45, 2.75) is 13.0 Å². The first-order valence-electron chi connectivity index (χ1n) is 4.61. The van der Waals surface area contributed by atoms with Crippen LogP contribution in [0.15, 0.2) is 18.3 Å². The summed E-state index contributed by atoms with van der Waals surface area (Å²) >= 11 is 0. The molecule has 0 aliphatic rings. The van der Waals surface area contributed by atoms with Crippen molar-refractivity contribution in [2.75, 3.05) is 6.61 Å². The minimum Gasteiger partial charge on any atom is -0.480 e. The minimum atomic E-state index is -1.30. The average molecular weight is 224 g/mol. The third-order valence-electron chi connectivity index (χ3n) is 1.96. The highest BCUT2D eigenvalue weighted by molar-refractivity contribution is 5.96. The molecule has 6 heteroatoms. The van der Waals surface area contributed by atoms with Gasteiger partial charge >= 0.3 is 5.97 Å². The highest BCUT2D eigenvalue weighted by atomic mass is 16.4. The van der Waals surface area contributed by atoms with Crippen LogP contribution in [0.1, 0.15) is 16.1 Å². The molecule has 0 radical (unpaired) electrons. The highest BCUT2D eigenvalue weighted by Crippen LogP contribution is 1.99. The van der Waals surface area contributed by atoms with E-state index in [4.69, 9.17) is 10.2 Å². The molecule has 0 fully saturated rings. The summed E-state index contributed by atoms with van der Waals surface area (Å²) < 4.78 is 0. The van der Waals surface area contributed by atoms with Crippen molar-refractivity contribution in [3.05, 3.63) is 29.6 Å². The Labute approximate surface area is 91.9 Å². The lowest BCUT2D eigenvalue weighted by Gasteiger charge is -2.11. The molecule has 1 heterocycles. The second-order valence-electron chi connectivity index (χ2n) is 3.24. The van der Waals surface area contributed by atoms with Gasteiger partial charge in [0.05, 0.1) is 12.2 Å². The lowest BCUT2D eigenvalue weighted by atomic mass is 10.2. The molecular weight excluding hydrogens is 212 g/mol. The van der Waals surface area contributed by atoms with E-state index >= 15 is 0 Å². The van der Waals surface area contributed by atoms with Crippen molar-refractivity contribution in [3.8, 4) is 0 Å². The van der Waals surface area contributed by atoms with E-state index in [-0.39, 0.29) is 5.56 Å². The second-order valence-corrected chi connectivity index (χ2v) is 3.24. The van der Waals surface area contributed by atoms with Crippen molar-refractivity contribution in [1.29, 1.82) is 0 Å². The molecule has 1 rings (SSSR count). The number of hydrogen-bond donors (Lipinski definition) is 3. The standard InChI is InChI=1S/C10H12N2O4/c1-6-2-3-7(4-11-6)9(14)12-8(5-13)10(15)16/h2-4,8,13H,5H2,1H3,(H,12,14)(H,15,16)/t8-/m1/s1. The molecule has 1 aromatic rings. The predicted molar refractivity (Wildman–Crippen MR) is 54.9 cm³/mol. The van der Waals surface area contributed by atoms with Crippen LogP contribution >= 0.6 is 0 Å². The number of aryl methyl sites for hydroxylation is 1. The van der Waals surface area contributed by atoms with E-state index in [2.05, 4.69) is 10.3 Å². The summed E-state index contributed by atoms with van der Waals surface area (Å²) in [5, 5.41) is 19.5. The number of carboxylic acids is 1. The summed E-state index contributed by atoms with van der Waals surface area (Å²) in [6.45, 7) is 1.12. The zero-order valence-electron chi connectivity index (χ0n) is 8.67. The van der Waals surface area contributed by atoms with Crippen LogP contribution in [0.4, 0.5) is 0 Å². The van der Waals surface area contributed by atoms with Crippen LogP contribution in [0.2, 0.25) is 0 Å². The SMILES string of the molecule is Cc1ccc(C(=O)N[C@H](CO)C(=O)O)cn1. The quantitative estimate of drug-likeness (QED) is 0.644. The van der Waals surface area contributed by atoms with Crippen molar-refractivity contribution >= 4 is 11.9 Å². The number of aliphatic hydroxyl groups excluding tert-OH is 1. The lowest BCUT2D eigenvalue weighted by Crippen LogP contribution is -2.43. The second kappa shape index (κ2) is 5.22. The molecule has 1 atom stereocenters. The van der Waals surface area contributed by atoms with E-state index < -0.39 is 24.5 Å². The molecule has 0 aliphatic carbocycles. The highest BCUT2D eigenvalue weighted by Gasteiger charge is 2.19. The summed E-state index contributed by atoms with van der Waals surface area (Å²) in [5.74, 6) is -1.86. The molecule has 0 unspecified atom stereocenters. The molecule has 3 N–H and O–H groups in total. The summed E-state index contributed by atoms with van der Waals surface area (Å²) in [4.78, 5) is 26.0. The number of nitrogens with zero attached hydrogens (tertiary/aromatic N) is 1. The fourth-order valence-electron chi connectivity index (χ4n) is 1.03. The molecule has 1 aromatic heterocycles. The summed E-state index contributed by atoms with van der Waals surface area (Å²) in [6, 6.07) is 1.88. The summed E-state index contributed by atoms with van der Waals surface area (Å²) in [6.07, 6.45) is 1.35. The van der Waals surface area contributed by atoms with Gasteiger partial charge in [-0.3, -0.25) is 9.78 Å². The van der Waals surface area contributed by atoms with Gasteiger partial charge in [-0.15, -0.1) is 0 Å². The van der Waals surface area contributed by atoms with E-state index in [1.165, 1.54) is 12.3 Å². The Morgan fingerprint density at radius 2 is 2.19 bits per heavy atom. The average Bonchev–Trinajstić information content (AvgIpc) is 2.26. The molecule has 6 nitrogen and oxygen atoms in total. The largest absolute Gasteiger partial charge is 0.480 e. The van der Waals surface area contributed by atoms with Gasteiger partial charge in [0.15, 0.2) is 6.04 Å². The van der Waals surface area contributed by atoms with E-state index in [0.29, 0.717) is 0 Å². The first-order valence-corrected chi connectivity index (χ1v) is 4.61. The van der Waals surface area contributed by atoms with E-state index in [1.54, 1.807) is 13.0 Å². The van der Waals surface area contributed by atoms with Gasteiger partial charge in [-0.25, -0.2) is 4.79 Å². The maximum atomic E-state index is 11.5. The Kier molecular flexibility index (Phi) is 3.96. The number of aromatic nitrogens is 1. The van der Waals surface area contributed by atoms with Gasteiger partial charge < -0.3 is 15.5 Å². The van der Waals surface area contributed by atoms with Crippen molar-refractivity contribution in [2.24, 2.45) is 0 Å². The monoisotopic (exact) mass is 224 g/mol. The van der Waals surface area contributed by atoms with Crippen LogP contribution < -0.4 is 5.32 Å². The zero-order valence-corrected chi connectivity index (χ0v) is 8.67. The Morgan fingerprint density at radius 1 is 1.50 bits per heavy atom. The van der Waals surface area contributed by atoms with Crippen molar-refractivity contribution in [3.63, 3.8) is 0 Å². The molecule has 0 spiro atoms. The van der Waals surface area contributed by atoms with Crippen molar-refractivity contribution in [1.82, 2.24) is 10.3 Å².